The van der Waals surface area contributed by atoms with Gasteiger partial charge in [0.2, 0.25) is 0 Å². The van der Waals surface area contributed by atoms with Crippen molar-refractivity contribution >= 4 is 0 Å². The first kappa shape index (κ1) is 14.9. The van der Waals surface area contributed by atoms with Crippen LogP contribution in [0.5, 0.6) is 0 Å². The Morgan fingerprint density at radius 2 is 1.87 bits per heavy atom. The molecule has 0 aromatic rings. The molecule has 1 atom stereocenters. The standard InChI is InChI=1S/C12H27NO2/c1-10(2)11(9-13-5)15-8-7-12(3,4)14-6/h10-11,13H,7-9H2,1-6H3. The van der Waals surface area contributed by atoms with Gasteiger partial charge < -0.3 is 14.8 Å². The van der Waals surface area contributed by atoms with E-state index in [1.807, 2.05) is 7.05 Å². The molecule has 0 aliphatic heterocycles. The third-order valence-corrected chi connectivity index (χ3v) is 2.74. The Balaban J connectivity index is 3.80. The van der Waals surface area contributed by atoms with Gasteiger partial charge in [-0.3, -0.25) is 0 Å². The summed E-state index contributed by atoms with van der Waals surface area (Å²) in [6, 6.07) is 0. The highest BCUT2D eigenvalue weighted by Crippen LogP contribution is 2.14. The fourth-order valence-electron chi connectivity index (χ4n) is 1.25. The van der Waals surface area contributed by atoms with Crippen LogP contribution >= 0.6 is 0 Å². The summed E-state index contributed by atoms with van der Waals surface area (Å²) >= 11 is 0. The highest BCUT2D eigenvalue weighted by Gasteiger charge is 2.18. The van der Waals surface area contributed by atoms with Crippen molar-refractivity contribution < 1.29 is 9.47 Å². The van der Waals surface area contributed by atoms with Crippen LogP contribution in [0.4, 0.5) is 0 Å². The van der Waals surface area contributed by atoms with Gasteiger partial charge in [-0.15, -0.1) is 0 Å². The van der Waals surface area contributed by atoms with E-state index in [1.54, 1.807) is 7.11 Å². The van der Waals surface area contributed by atoms with Crippen LogP contribution in [0.2, 0.25) is 0 Å². The summed E-state index contributed by atoms with van der Waals surface area (Å²) in [5, 5.41) is 3.15. The molecule has 0 aliphatic carbocycles. The molecule has 0 bridgehead atoms. The number of hydrogen-bond acceptors (Lipinski definition) is 3. The highest BCUT2D eigenvalue weighted by atomic mass is 16.5. The Bertz CT molecular complexity index is 158. The second-order valence-electron chi connectivity index (χ2n) is 4.92. The number of hydrogen-bond donors (Lipinski definition) is 1. The summed E-state index contributed by atoms with van der Waals surface area (Å²) in [7, 11) is 3.70. The maximum atomic E-state index is 5.84. The minimum absolute atomic E-state index is 0.0822. The van der Waals surface area contributed by atoms with Crippen LogP contribution < -0.4 is 5.32 Å². The predicted molar refractivity (Wildman–Crippen MR) is 64.2 cm³/mol. The van der Waals surface area contributed by atoms with E-state index >= 15 is 0 Å². The second kappa shape index (κ2) is 7.20. The van der Waals surface area contributed by atoms with Crippen molar-refractivity contribution in [3.05, 3.63) is 0 Å². The molecular weight excluding hydrogens is 190 g/mol. The lowest BCUT2D eigenvalue weighted by atomic mass is 10.1. The number of likely N-dealkylation sites (N-methyl/N-ethyl adjacent to an activating group) is 1. The van der Waals surface area contributed by atoms with Crippen LogP contribution in [-0.4, -0.2) is 39.0 Å². The fourth-order valence-corrected chi connectivity index (χ4v) is 1.25. The first-order valence-corrected chi connectivity index (χ1v) is 5.74. The molecule has 15 heavy (non-hydrogen) atoms. The van der Waals surface area contributed by atoms with Crippen molar-refractivity contribution in [3.63, 3.8) is 0 Å². The van der Waals surface area contributed by atoms with E-state index in [1.165, 1.54) is 0 Å². The smallest absolute Gasteiger partial charge is 0.0722 e. The van der Waals surface area contributed by atoms with Gasteiger partial charge >= 0.3 is 0 Å². The van der Waals surface area contributed by atoms with Crippen LogP contribution in [0.1, 0.15) is 34.1 Å². The lowest BCUT2D eigenvalue weighted by Crippen LogP contribution is -2.33. The first-order chi connectivity index (χ1) is 6.93. The maximum Gasteiger partial charge on any atom is 0.0722 e. The molecule has 0 radical (unpaired) electrons. The van der Waals surface area contributed by atoms with E-state index in [0.29, 0.717) is 12.0 Å². The Kier molecular flexibility index (Phi) is 7.14. The van der Waals surface area contributed by atoms with Crippen LogP contribution in [0.15, 0.2) is 0 Å². The van der Waals surface area contributed by atoms with Crippen molar-refractivity contribution in [1.29, 1.82) is 0 Å². The largest absolute Gasteiger partial charge is 0.379 e. The summed E-state index contributed by atoms with van der Waals surface area (Å²) in [4.78, 5) is 0. The molecule has 0 amide bonds. The molecule has 0 saturated heterocycles. The summed E-state index contributed by atoms with van der Waals surface area (Å²) in [5.41, 5.74) is -0.0822. The van der Waals surface area contributed by atoms with E-state index in [-0.39, 0.29) is 5.60 Å². The molecule has 0 rings (SSSR count). The maximum absolute atomic E-state index is 5.84. The molecule has 3 heteroatoms. The van der Waals surface area contributed by atoms with Gasteiger partial charge in [0, 0.05) is 20.3 Å². The van der Waals surface area contributed by atoms with Crippen molar-refractivity contribution in [2.75, 3.05) is 27.3 Å². The average Bonchev–Trinajstić information content (AvgIpc) is 2.16. The molecule has 0 fully saturated rings. The number of ether oxygens (including phenoxy) is 2. The van der Waals surface area contributed by atoms with E-state index in [0.717, 1.165) is 19.6 Å². The fraction of sp³-hybridized carbons (Fsp3) is 1.00. The summed E-state index contributed by atoms with van der Waals surface area (Å²) in [6.45, 7) is 10.2. The topological polar surface area (TPSA) is 30.5 Å². The molecular formula is C12H27NO2. The summed E-state index contributed by atoms with van der Waals surface area (Å²) in [6.07, 6.45) is 1.22. The lowest BCUT2D eigenvalue weighted by molar-refractivity contribution is -0.0359. The van der Waals surface area contributed by atoms with Gasteiger partial charge in [0.05, 0.1) is 11.7 Å². The third-order valence-electron chi connectivity index (χ3n) is 2.74. The van der Waals surface area contributed by atoms with Crippen molar-refractivity contribution in [1.82, 2.24) is 5.32 Å². The monoisotopic (exact) mass is 217 g/mol. The van der Waals surface area contributed by atoms with E-state index in [9.17, 15) is 0 Å². The molecule has 92 valence electrons. The average molecular weight is 217 g/mol. The molecule has 0 saturated carbocycles. The number of methoxy groups -OCH3 is 1. The Morgan fingerprint density at radius 3 is 2.27 bits per heavy atom. The van der Waals surface area contributed by atoms with E-state index in [4.69, 9.17) is 9.47 Å². The minimum Gasteiger partial charge on any atom is -0.379 e. The summed E-state index contributed by atoms with van der Waals surface area (Å²) in [5.74, 6) is 0.545. The molecule has 0 aromatic heterocycles. The van der Waals surface area contributed by atoms with Gasteiger partial charge in [-0.1, -0.05) is 13.8 Å². The second-order valence-corrected chi connectivity index (χ2v) is 4.92. The first-order valence-electron chi connectivity index (χ1n) is 5.74. The Morgan fingerprint density at radius 1 is 1.27 bits per heavy atom. The molecule has 0 heterocycles. The SMILES string of the molecule is CNCC(OCCC(C)(C)OC)C(C)C. The Hall–Kier alpha value is -0.120. The van der Waals surface area contributed by atoms with Gasteiger partial charge in [0.25, 0.3) is 0 Å². The zero-order valence-electron chi connectivity index (χ0n) is 11.1. The number of nitrogens with one attached hydrogen (secondary N) is 1. The zero-order valence-corrected chi connectivity index (χ0v) is 11.1. The molecule has 1 N–H and O–H groups in total. The highest BCUT2D eigenvalue weighted by molar-refractivity contribution is 4.69. The van der Waals surface area contributed by atoms with Crippen LogP contribution in [0.3, 0.4) is 0 Å². The van der Waals surface area contributed by atoms with Crippen LogP contribution in [0, 0.1) is 5.92 Å². The van der Waals surface area contributed by atoms with Crippen molar-refractivity contribution in [3.8, 4) is 0 Å². The van der Waals surface area contributed by atoms with Gasteiger partial charge in [-0.05, 0) is 33.2 Å². The minimum atomic E-state index is -0.0822. The lowest BCUT2D eigenvalue weighted by Gasteiger charge is -2.26. The van der Waals surface area contributed by atoms with Gasteiger partial charge in [0.1, 0.15) is 0 Å². The predicted octanol–water partition coefficient (Wildman–Crippen LogP) is 2.06. The van der Waals surface area contributed by atoms with Crippen LogP contribution in [-0.2, 0) is 9.47 Å². The molecule has 3 nitrogen and oxygen atoms in total. The van der Waals surface area contributed by atoms with Gasteiger partial charge in [-0.2, -0.15) is 0 Å². The molecule has 0 aliphatic rings. The third kappa shape index (κ3) is 6.88. The number of rotatable bonds is 8. The zero-order chi connectivity index (χ0) is 11.9. The van der Waals surface area contributed by atoms with Crippen molar-refractivity contribution in [2.45, 2.75) is 45.8 Å². The Labute approximate surface area is 94.5 Å². The van der Waals surface area contributed by atoms with Gasteiger partial charge in [-0.25, -0.2) is 0 Å². The normalized spacial score (nSPS) is 14.6. The molecule has 0 spiro atoms. The molecule has 1 unspecified atom stereocenters. The quantitative estimate of drug-likeness (QED) is 0.675. The van der Waals surface area contributed by atoms with Gasteiger partial charge in [0.15, 0.2) is 0 Å². The van der Waals surface area contributed by atoms with Crippen molar-refractivity contribution in [2.24, 2.45) is 5.92 Å². The van der Waals surface area contributed by atoms with Crippen LogP contribution in [0.25, 0.3) is 0 Å². The summed E-state index contributed by atoms with van der Waals surface area (Å²) < 4.78 is 11.2. The molecule has 0 aromatic carbocycles. The van der Waals surface area contributed by atoms with E-state index in [2.05, 4.69) is 33.0 Å². The van der Waals surface area contributed by atoms with E-state index < -0.39 is 0 Å².